The van der Waals surface area contributed by atoms with Gasteiger partial charge in [-0.15, -0.1) is 11.3 Å². The molecule has 0 saturated carbocycles. The third-order valence-electron chi connectivity index (χ3n) is 3.75. The number of likely N-dealkylation sites (tertiary alicyclic amines) is 1. The van der Waals surface area contributed by atoms with Crippen LogP contribution in [0.2, 0.25) is 0 Å². The SMILES string of the molecule is N#Cc1ccsc1NC(=O)CN1CCC[C@@H]1Cn1cncn1. The van der Waals surface area contributed by atoms with Crippen LogP contribution in [0.15, 0.2) is 24.1 Å². The number of thiophene rings is 1. The predicted octanol–water partition coefficient (Wildman–Crippen LogP) is 1.31. The highest BCUT2D eigenvalue weighted by atomic mass is 32.1. The number of nitriles is 1. The Morgan fingerprint density at radius 1 is 1.59 bits per heavy atom. The number of anilines is 1. The monoisotopic (exact) mass is 316 g/mol. The third kappa shape index (κ3) is 3.32. The van der Waals surface area contributed by atoms with E-state index in [0.29, 0.717) is 23.2 Å². The molecular formula is C14H16N6OS. The summed E-state index contributed by atoms with van der Waals surface area (Å²) in [6.07, 6.45) is 5.35. The molecule has 1 atom stereocenters. The molecule has 1 N–H and O–H groups in total. The van der Waals surface area contributed by atoms with E-state index in [-0.39, 0.29) is 5.91 Å². The van der Waals surface area contributed by atoms with E-state index in [9.17, 15) is 4.79 Å². The Morgan fingerprint density at radius 3 is 3.27 bits per heavy atom. The van der Waals surface area contributed by atoms with Crippen molar-refractivity contribution in [3.63, 3.8) is 0 Å². The van der Waals surface area contributed by atoms with Gasteiger partial charge in [0, 0.05) is 6.04 Å². The van der Waals surface area contributed by atoms with Gasteiger partial charge in [-0.05, 0) is 30.8 Å². The highest BCUT2D eigenvalue weighted by molar-refractivity contribution is 7.14. The summed E-state index contributed by atoms with van der Waals surface area (Å²) in [6.45, 7) is 1.99. The van der Waals surface area contributed by atoms with Crippen LogP contribution in [0.1, 0.15) is 18.4 Å². The standard InChI is InChI=1S/C14H16N6OS/c15-6-11-3-5-22-14(11)18-13(21)8-19-4-1-2-12(19)7-20-10-16-9-17-20/h3,5,9-10,12H,1-2,4,7-8H2,(H,18,21)/t12-/m1/s1. The van der Waals surface area contributed by atoms with Crippen molar-refractivity contribution >= 4 is 22.2 Å². The number of carbonyl (C=O) groups excluding carboxylic acids is 1. The molecule has 114 valence electrons. The Kier molecular flexibility index (Phi) is 4.46. The van der Waals surface area contributed by atoms with Crippen LogP contribution in [0.4, 0.5) is 5.00 Å². The minimum atomic E-state index is -0.0792. The zero-order valence-corrected chi connectivity index (χ0v) is 12.8. The molecule has 3 heterocycles. The fraction of sp³-hybridized carbons (Fsp3) is 0.429. The van der Waals surface area contributed by atoms with Gasteiger partial charge >= 0.3 is 0 Å². The lowest BCUT2D eigenvalue weighted by Gasteiger charge is -2.23. The lowest BCUT2D eigenvalue weighted by molar-refractivity contribution is -0.117. The summed E-state index contributed by atoms with van der Waals surface area (Å²) in [5.74, 6) is -0.0792. The highest BCUT2D eigenvalue weighted by Gasteiger charge is 2.27. The van der Waals surface area contributed by atoms with Crippen molar-refractivity contribution in [2.45, 2.75) is 25.4 Å². The molecule has 0 unspecified atom stereocenters. The summed E-state index contributed by atoms with van der Waals surface area (Å²) >= 11 is 1.37. The largest absolute Gasteiger partial charge is 0.315 e. The van der Waals surface area contributed by atoms with E-state index >= 15 is 0 Å². The minimum Gasteiger partial charge on any atom is -0.315 e. The van der Waals surface area contributed by atoms with Gasteiger partial charge in [0.05, 0.1) is 18.7 Å². The molecule has 0 aliphatic carbocycles. The van der Waals surface area contributed by atoms with Gasteiger partial charge in [-0.3, -0.25) is 14.4 Å². The molecule has 0 bridgehead atoms. The molecule has 7 nitrogen and oxygen atoms in total. The summed E-state index contributed by atoms with van der Waals surface area (Å²) in [7, 11) is 0. The van der Waals surface area contributed by atoms with Crippen molar-refractivity contribution in [1.82, 2.24) is 19.7 Å². The smallest absolute Gasteiger partial charge is 0.239 e. The molecule has 1 aliphatic rings. The Morgan fingerprint density at radius 2 is 2.50 bits per heavy atom. The normalized spacial score (nSPS) is 18.2. The van der Waals surface area contributed by atoms with E-state index in [1.807, 2.05) is 0 Å². The van der Waals surface area contributed by atoms with Gasteiger partial charge in [0.2, 0.25) is 5.91 Å². The second kappa shape index (κ2) is 6.68. The zero-order valence-electron chi connectivity index (χ0n) is 12.0. The van der Waals surface area contributed by atoms with E-state index < -0.39 is 0 Å². The molecule has 1 aliphatic heterocycles. The third-order valence-corrected chi connectivity index (χ3v) is 4.58. The van der Waals surface area contributed by atoms with Crippen LogP contribution in [0, 0.1) is 11.3 Å². The number of amides is 1. The van der Waals surface area contributed by atoms with Crippen LogP contribution in [0.25, 0.3) is 0 Å². The Bertz CT molecular complexity index is 674. The van der Waals surface area contributed by atoms with Gasteiger partial charge in [0.25, 0.3) is 0 Å². The molecule has 0 radical (unpaired) electrons. The van der Waals surface area contributed by atoms with Crippen LogP contribution >= 0.6 is 11.3 Å². The molecular weight excluding hydrogens is 300 g/mol. The molecule has 1 amide bonds. The lowest BCUT2D eigenvalue weighted by Crippen LogP contribution is -2.39. The van der Waals surface area contributed by atoms with Crippen molar-refractivity contribution in [1.29, 1.82) is 5.26 Å². The average Bonchev–Trinajstić information content (AvgIpc) is 3.22. The maximum atomic E-state index is 12.2. The van der Waals surface area contributed by atoms with Crippen LogP contribution in [-0.2, 0) is 11.3 Å². The number of carbonyl (C=O) groups is 1. The zero-order chi connectivity index (χ0) is 15.4. The van der Waals surface area contributed by atoms with E-state index in [4.69, 9.17) is 5.26 Å². The number of rotatable bonds is 5. The van der Waals surface area contributed by atoms with Crippen LogP contribution < -0.4 is 5.32 Å². The fourth-order valence-corrected chi connectivity index (χ4v) is 3.45. The molecule has 8 heteroatoms. The maximum Gasteiger partial charge on any atom is 0.239 e. The highest BCUT2D eigenvalue weighted by Crippen LogP contribution is 2.23. The molecule has 0 aromatic carbocycles. The maximum absolute atomic E-state index is 12.2. The van der Waals surface area contributed by atoms with Gasteiger partial charge in [-0.1, -0.05) is 0 Å². The Hall–Kier alpha value is -2.24. The molecule has 2 aromatic heterocycles. The molecule has 22 heavy (non-hydrogen) atoms. The minimum absolute atomic E-state index is 0.0792. The second-order valence-corrected chi connectivity index (χ2v) is 6.12. The van der Waals surface area contributed by atoms with E-state index in [1.165, 1.54) is 17.7 Å². The quantitative estimate of drug-likeness (QED) is 0.899. The molecule has 0 spiro atoms. The van der Waals surface area contributed by atoms with Gasteiger partial charge in [0.15, 0.2) is 0 Å². The summed E-state index contributed by atoms with van der Waals surface area (Å²) < 4.78 is 1.80. The second-order valence-electron chi connectivity index (χ2n) is 5.21. The molecule has 1 saturated heterocycles. The van der Waals surface area contributed by atoms with Crippen molar-refractivity contribution in [3.8, 4) is 6.07 Å². The van der Waals surface area contributed by atoms with Crippen LogP contribution in [-0.4, -0.2) is 44.7 Å². The summed E-state index contributed by atoms with van der Waals surface area (Å²) in [4.78, 5) is 18.3. The topological polar surface area (TPSA) is 86.8 Å². The molecule has 2 aromatic rings. The summed E-state index contributed by atoms with van der Waals surface area (Å²) in [5, 5.41) is 18.3. The van der Waals surface area contributed by atoms with Crippen molar-refractivity contribution in [2.75, 3.05) is 18.4 Å². The van der Waals surface area contributed by atoms with Gasteiger partial charge < -0.3 is 5.32 Å². The van der Waals surface area contributed by atoms with E-state index in [2.05, 4.69) is 26.4 Å². The first-order valence-corrected chi connectivity index (χ1v) is 7.98. The first-order valence-electron chi connectivity index (χ1n) is 7.10. The van der Waals surface area contributed by atoms with E-state index in [0.717, 1.165) is 25.9 Å². The van der Waals surface area contributed by atoms with Gasteiger partial charge in [-0.2, -0.15) is 10.4 Å². The number of hydrogen-bond acceptors (Lipinski definition) is 6. The number of nitrogens with zero attached hydrogens (tertiary/aromatic N) is 5. The molecule has 3 rings (SSSR count). The predicted molar refractivity (Wildman–Crippen MR) is 82.3 cm³/mol. The van der Waals surface area contributed by atoms with Crippen molar-refractivity contribution < 1.29 is 4.79 Å². The first kappa shape index (κ1) is 14.7. The van der Waals surface area contributed by atoms with Crippen molar-refractivity contribution in [3.05, 3.63) is 29.7 Å². The van der Waals surface area contributed by atoms with Crippen LogP contribution in [0.3, 0.4) is 0 Å². The lowest BCUT2D eigenvalue weighted by atomic mass is 10.2. The van der Waals surface area contributed by atoms with Crippen molar-refractivity contribution in [2.24, 2.45) is 0 Å². The first-order chi connectivity index (χ1) is 10.8. The average molecular weight is 316 g/mol. The summed E-state index contributed by atoms with van der Waals surface area (Å²) in [5.41, 5.74) is 0.513. The fourth-order valence-electron chi connectivity index (χ4n) is 2.70. The number of aromatic nitrogens is 3. The van der Waals surface area contributed by atoms with E-state index in [1.54, 1.807) is 22.5 Å². The van der Waals surface area contributed by atoms with Gasteiger partial charge in [-0.25, -0.2) is 4.98 Å². The number of nitrogens with one attached hydrogen (secondary N) is 1. The number of hydrogen-bond donors (Lipinski definition) is 1. The Balaban J connectivity index is 1.57. The summed E-state index contributed by atoms with van der Waals surface area (Å²) in [6, 6.07) is 4.09. The van der Waals surface area contributed by atoms with Gasteiger partial charge in [0.1, 0.15) is 23.7 Å². The van der Waals surface area contributed by atoms with Crippen LogP contribution in [0.5, 0.6) is 0 Å². The molecule has 1 fully saturated rings. The Labute approximate surface area is 132 Å².